The predicted octanol–water partition coefficient (Wildman–Crippen LogP) is -1.64. The van der Waals surface area contributed by atoms with Gasteiger partial charge in [0.2, 0.25) is 0 Å². The molecule has 0 heterocycles. The predicted molar refractivity (Wildman–Crippen MR) is 42.0 cm³/mol. The molecule has 0 saturated carbocycles. The van der Waals surface area contributed by atoms with Gasteiger partial charge in [-0.1, -0.05) is 0 Å². The van der Waals surface area contributed by atoms with Gasteiger partial charge in [0.25, 0.3) is 0 Å². The van der Waals surface area contributed by atoms with Gasteiger partial charge in [-0.15, -0.1) is 0 Å². The van der Waals surface area contributed by atoms with Gasteiger partial charge in [-0.3, -0.25) is 0 Å². The van der Waals surface area contributed by atoms with E-state index in [1.165, 1.54) is 0 Å². The van der Waals surface area contributed by atoms with Crippen LogP contribution in [-0.4, -0.2) is 23.8 Å². The van der Waals surface area contributed by atoms with E-state index in [9.17, 15) is 60.7 Å². The van der Waals surface area contributed by atoms with Gasteiger partial charge < -0.3 is 0 Å². The maximum absolute atomic E-state index is 10.5. The van der Waals surface area contributed by atoms with Crippen LogP contribution >= 0.6 is 0 Å². The summed E-state index contributed by atoms with van der Waals surface area (Å²) in [7, 11) is 0. The Morgan fingerprint density at radius 1 is 0.421 bits per heavy atom. The van der Waals surface area contributed by atoms with Crippen LogP contribution in [0.3, 0.4) is 0 Å². The van der Waals surface area contributed by atoms with Gasteiger partial charge in [0.15, 0.2) is 0 Å². The maximum atomic E-state index is 10.5. The molecule has 0 amide bonds. The first-order valence-electron chi connectivity index (χ1n) is 3.09. The molecule has 114 valence electrons. The Bertz CT molecular complexity index is 425. The SMILES string of the molecule is O=[N+]([O-])[Co-3]([N+](=O)[O-])([N+](=O)[O-])([N+](=O)[O-])([N+](=O)[O-])[N+](=O)[O-]. The number of nitrogens with zero attached hydrogens (tertiary/aromatic N) is 6. The molecule has 0 aliphatic carbocycles. The van der Waals surface area contributed by atoms with Crippen molar-refractivity contribution in [3.05, 3.63) is 60.7 Å². The molecule has 0 rings (SSSR count). The van der Waals surface area contributed by atoms with Crippen LogP contribution in [0.1, 0.15) is 0 Å². The van der Waals surface area contributed by atoms with Gasteiger partial charge in [-0.2, -0.15) is 0 Å². The Hall–Kier alpha value is -3.09. The molecule has 0 aromatic rings. The molecule has 0 spiro atoms. The third kappa shape index (κ3) is 0.767. The minimum absolute atomic E-state index is 3.26. The summed E-state index contributed by atoms with van der Waals surface area (Å²) in [6.07, 6.45) is 0. The van der Waals surface area contributed by atoms with E-state index in [0.29, 0.717) is 0 Å². The van der Waals surface area contributed by atoms with Gasteiger partial charge >= 0.3 is 96.3 Å². The first-order valence-corrected chi connectivity index (χ1v) is 5.88. The Kier molecular flexibility index (Phi) is 2.70. The van der Waals surface area contributed by atoms with Crippen molar-refractivity contribution in [1.29, 1.82) is 0 Å². The third-order valence-electron chi connectivity index (χ3n) is 1.63. The topological polar surface area (TPSA) is 259 Å². The quantitative estimate of drug-likeness (QED) is 0.390. The van der Waals surface area contributed by atoms with Crippen LogP contribution in [0.2, 0.25) is 0 Å². The normalized spacial score (nSPS) is 14.5. The summed E-state index contributed by atoms with van der Waals surface area (Å²) >= 11 is -10.3. The van der Waals surface area contributed by atoms with Crippen LogP contribution < -0.4 is 0 Å². The van der Waals surface area contributed by atoms with Crippen molar-refractivity contribution in [1.82, 2.24) is 0 Å². The number of nitro groups is 6. The molecule has 0 aliphatic heterocycles. The Balaban J connectivity index is 8.00. The number of hydrogen-bond acceptors (Lipinski definition) is 12. The van der Waals surface area contributed by atoms with E-state index in [1.807, 2.05) is 0 Å². The molecule has 0 aliphatic rings. The Morgan fingerprint density at radius 2 is 0.526 bits per heavy atom. The average Bonchev–Trinajstić information content (AvgIpc) is 2.15. The fourth-order valence-electron chi connectivity index (χ4n) is 0.667. The van der Waals surface area contributed by atoms with E-state index in [-0.39, 0.29) is 0 Å². The van der Waals surface area contributed by atoms with E-state index >= 15 is 0 Å². The van der Waals surface area contributed by atoms with Crippen LogP contribution in [0.4, 0.5) is 0 Å². The summed E-state index contributed by atoms with van der Waals surface area (Å²) in [5.41, 5.74) is 0. The molecular formula is CoN6O12-3. The summed E-state index contributed by atoms with van der Waals surface area (Å²) in [6.45, 7) is 0. The van der Waals surface area contributed by atoms with Crippen LogP contribution in [0, 0.1) is 60.7 Å². The van der Waals surface area contributed by atoms with E-state index in [2.05, 4.69) is 0 Å². The summed E-state index contributed by atoms with van der Waals surface area (Å²) in [5, 5.41) is 63.2. The fourth-order valence-corrected chi connectivity index (χ4v) is 2.75. The molecule has 0 atom stereocenters. The van der Waals surface area contributed by atoms with Crippen molar-refractivity contribution in [2.75, 3.05) is 0 Å². The molecule has 0 N–H and O–H groups in total. The second kappa shape index (κ2) is 3.22. The van der Waals surface area contributed by atoms with Crippen molar-refractivity contribution in [3.8, 4) is 0 Å². The monoisotopic (exact) mass is 335 g/mol. The first-order chi connectivity index (χ1) is 8.34. The summed E-state index contributed by atoms with van der Waals surface area (Å²) in [6, 6.07) is 0. The van der Waals surface area contributed by atoms with Crippen LogP contribution in [0.5, 0.6) is 0 Å². The molecule has 0 aromatic heterocycles. The average molecular weight is 335 g/mol. The molecule has 0 aromatic carbocycles. The van der Waals surface area contributed by atoms with Gasteiger partial charge in [0.05, 0.1) is 0 Å². The second-order valence-electron chi connectivity index (χ2n) is 2.18. The zero-order valence-corrected chi connectivity index (χ0v) is 8.96. The number of rotatable bonds is 6. The van der Waals surface area contributed by atoms with E-state index in [0.717, 1.165) is 0 Å². The molecule has 0 bridgehead atoms. The molecule has 19 heavy (non-hydrogen) atoms. The zero-order chi connectivity index (χ0) is 15.9. The molecule has 0 unspecified atom stereocenters. The fraction of sp³-hybridized carbons (Fsp3) is 0. The standard InChI is InChI=1S/Co.6NO2/c;6*2-1-3/q-3;;;;;;. The van der Waals surface area contributed by atoms with Crippen molar-refractivity contribution < 1.29 is 35.7 Å². The zero-order valence-electron chi connectivity index (χ0n) is 7.92. The van der Waals surface area contributed by atoms with E-state index in [4.69, 9.17) is 0 Å². The van der Waals surface area contributed by atoms with Crippen LogP contribution in [-0.2, 0) is 11.8 Å². The second-order valence-corrected chi connectivity index (χ2v) is 7.58. The summed E-state index contributed by atoms with van der Waals surface area (Å²) < 4.78 is -19.6. The van der Waals surface area contributed by atoms with Gasteiger partial charge in [0, 0.05) is 0 Å². The molecule has 0 fully saturated rings. The van der Waals surface area contributed by atoms with Crippen LogP contribution in [0.15, 0.2) is 0 Å². The minimum atomic E-state index is -10.3. The van der Waals surface area contributed by atoms with Crippen LogP contribution in [0.25, 0.3) is 0 Å². The van der Waals surface area contributed by atoms with E-state index in [1.54, 1.807) is 0 Å². The molecule has 0 radical (unpaired) electrons. The van der Waals surface area contributed by atoms with Gasteiger partial charge in [-0.05, 0) is 0 Å². The number of hydrogen-bond donors (Lipinski definition) is 0. The van der Waals surface area contributed by atoms with E-state index < -0.39 is 35.7 Å². The summed E-state index contributed by atoms with van der Waals surface area (Å²) in [5.74, 6) is 0. The van der Waals surface area contributed by atoms with Crippen molar-refractivity contribution in [2.24, 2.45) is 0 Å². The third-order valence-corrected chi connectivity index (χ3v) is 6.73. The van der Waals surface area contributed by atoms with Crippen molar-refractivity contribution in [2.45, 2.75) is 0 Å². The summed E-state index contributed by atoms with van der Waals surface area (Å²) in [4.78, 5) is 63.2. The molecular weight excluding hydrogens is 335 g/mol. The van der Waals surface area contributed by atoms with Crippen molar-refractivity contribution >= 4 is 0 Å². The van der Waals surface area contributed by atoms with Gasteiger partial charge in [-0.25, -0.2) is 0 Å². The van der Waals surface area contributed by atoms with Crippen molar-refractivity contribution in [3.63, 3.8) is 0 Å². The Morgan fingerprint density at radius 3 is 0.526 bits per heavy atom. The first kappa shape index (κ1) is 15.9. The molecule has 18 nitrogen and oxygen atoms in total. The molecule has 0 saturated heterocycles. The van der Waals surface area contributed by atoms with Gasteiger partial charge in [0.1, 0.15) is 0 Å². The molecule has 19 heteroatoms. The Labute approximate surface area is 97.2 Å².